The van der Waals surface area contributed by atoms with Gasteiger partial charge < -0.3 is 9.84 Å². The summed E-state index contributed by atoms with van der Waals surface area (Å²) in [7, 11) is -1.67. The highest BCUT2D eigenvalue weighted by atomic mass is 32.2. The third-order valence-corrected chi connectivity index (χ3v) is 4.00. The molecule has 0 radical (unpaired) electrons. The molecule has 1 atom stereocenters. The molecule has 13 heavy (non-hydrogen) atoms. The van der Waals surface area contributed by atoms with Crippen molar-refractivity contribution in [3.05, 3.63) is 0 Å². The summed E-state index contributed by atoms with van der Waals surface area (Å²) < 4.78 is 29.2. The van der Waals surface area contributed by atoms with Crippen molar-refractivity contribution in [1.82, 2.24) is 4.31 Å². The Hall–Kier alpha value is -0.170. The fourth-order valence-corrected chi connectivity index (χ4v) is 2.65. The zero-order valence-electron chi connectivity index (χ0n) is 7.64. The maximum atomic E-state index is 11.4. The van der Waals surface area contributed by atoms with Crippen molar-refractivity contribution in [1.29, 1.82) is 0 Å². The molecule has 1 heterocycles. The van der Waals surface area contributed by atoms with Gasteiger partial charge in [-0.15, -0.1) is 0 Å². The van der Waals surface area contributed by atoms with Gasteiger partial charge in [0.15, 0.2) is 0 Å². The minimum Gasteiger partial charge on any atom is -0.395 e. The van der Waals surface area contributed by atoms with Gasteiger partial charge in [-0.2, -0.15) is 4.31 Å². The van der Waals surface area contributed by atoms with Crippen LogP contribution in [-0.2, 0) is 14.8 Å². The molecule has 0 saturated carbocycles. The van der Waals surface area contributed by atoms with Crippen molar-refractivity contribution >= 4 is 10.0 Å². The fraction of sp³-hybridized carbons (Fsp3) is 1.00. The predicted octanol–water partition coefficient (Wildman–Crippen LogP) is -0.971. The largest absolute Gasteiger partial charge is 0.395 e. The molecule has 6 heteroatoms. The van der Waals surface area contributed by atoms with Crippen molar-refractivity contribution in [2.24, 2.45) is 0 Å². The van der Waals surface area contributed by atoms with Crippen molar-refractivity contribution in [2.75, 3.05) is 32.6 Å². The van der Waals surface area contributed by atoms with Gasteiger partial charge in [-0.3, -0.25) is 0 Å². The van der Waals surface area contributed by atoms with Gasteiger partial charge in [-0.05, 0) is 6.42 Å². The first-order valence-electron chi connectivity index (χ1n) is 4.21. The molecule has 0 aromatic heterocycles. The lowest BCUT2D eigenvalue weighted by atomic mass is 10.3. The minimum absolute atomic E-state index is 0.00784. The van der Waals surface area contributed by atoms with Gasteiger partial charge in [0.25, 0.3) is 0 Å². The van der Waals surface area contributed by atoms with E-state index in [9.17, 15) is 8.42 Å². The summed E-state index contributed by atoms with van der Waals surface area (Å²) in [6, 6.07) is 0. The van der Waals surface area contributed by atoms with Crippen LogP contribution in [0.5, 0.6) is 0 Å². The highest BCUT2D eigenvalue weighted by molar-refractivity contribution is 7.89. The number of ether oxygens (including phenoxy) is 1. The standard InChI is InChI=1S/C7H15NO4S/c1-12-7-2-3-8(6-7)13(10,11)5-4-9/h7,9H,2-6H2,1H3. The molecule has 78 valence electrons. The Kier molecular flexibility index (Phi) is 3.66. The van der Waals surface area contributed by atoms with E-state index < -0.39 is 10.0 Å². The van der Waals surface area contributed by atoms with Crippen LogP contribution in [0.25, 0.3) is 0 Å². The highest BCUT2D eigenvalue weighted by Crippen LogP contribution is 2.15. The molecule has 0 aliphatic carbocycles. The average Bonchev–Trinajstić information content (AvgIpc) is 2.52. The molecule has 0 aromatic carbocycles. The summed E-state index contributed by atoms with van der Waals surface area (Å²) >= 11 is 0. The Bertz CT molecular complexity index is 251. The number of nitrogens with zero attached hydrogens (tertiary/aromatic N) is 1. The highest BCUT2D eigenvalue weighted by Gasteiger charge is 2.30. The summed E-state index contributed by atoms with van der Waals surface area (Å²) in [6.45, 7) is 0.593. The van der Waals surface area contributed by atoms with Gasteiger partial charge in [0.1, 0.15) is 0 Å². The topological polar surface area (TPSA) is 66.8 Å². The molecule has 0 bridgehead atoms. The predicted molar refractivity (Wildman–Crippen MR) is 47.9 cm³/mol. The number of aliphatic hydroxyl groups is 1. The van der Waals surface area contributed by atoms with Crippen LogP contribution >= 0.6 is 0 Å². The summed E-state index contributed by atoms with van der Waals surface area (Å²) in [5.74, 6) is -0.191. The average molecular weight is 209 g/mol. The number of rotatable bonds is 4. The van der Waals surface area contributed by atoms with Crippen LogP contribution in [0.15, 0.2) is 0 Å². The summed E-state index contributed by atoms with van der Waals surface area (Å²) in [6.07, 6.45) is 0.745. The van der Waals surface area contributed by atoms with Crippen LogP contribution in [0.3, 0.4) is 0 Å². The van der Waals surface area contributed by atoms with Crippen LogP contribution < -0.4 is 0 Å². The Balaban J connectivity index is 2.55. The van der Waals surface area contributed by atoms with Crippen molar-refractivity contribution in [3.63, 3.8) is 0 Å². The SMILES string of the molecule is COC1CCN(S(=O)(=O)CCO)C1. The van der Waals surface area contributed by atoms with Gasteiger partial charge >= 0.3 is 0 Å². The molecule has 1 rings (SSSR count). The quantitative estimate of drug-likeness (QED) is 0.647. The molecule has 0 amide bonds. The van der Waals surface area contributed by atoms with E-state index >= 15 is 0 Å². The van der Waals surface area contributed by atoms with Crippen LogP contribution in [0, 0.1) is 0 Å². The van der Waals surface area contributed by atoms with E-state index in [2.05, 4.69) is 0 Å². The molecule has 0 aromatic rings. The molecule has 1 saturated heterocycles. The third-order valence-electron chi connectivity index (χ3n) is 2.18. The Morgan fingerprint density at radius 2 is 2.31 bits per heavy atom. The van der Waals surface area contributed by atoms with Gasteiger partial charge in [-0.1, -0.05) is 0 Å². The second kappa shape index (κ2) is 4.36. The zero-order valence-corrected chi connectivity index (χ0v) is 8.46. The molecule has 1 aliphatic rings. The monoisotopic (exact) mass is 209 g/mol. The lowest BCUT2D eigenvalue weighted by molar-refractivity contribution is 0.115. The van der Waals surface area contributed by atoms with Crippen molar-refractivity contribution in [3.8, 4) is 0 Å². The third kappa shape index (κ3) is 2.63. The summed E-state index contributed by atoms with van der Waals surface area (Å²) in [5, 5.41) is 8.55. The first kappa shape index (κ1) is 10.9. The van der Waals surface area contributed by atoms with Crippen LogP contribution in [0.4, 0.5) is 0 Å². The lowest BCUT2D eigenvalue weighted by Gasteiger charge is -2.14. The smallest absolute Gasteiger partial charge is 0.216 e. The van der Waals surface area contributed by atoms with E-state index in [4.69, 9.17) is 9.84 Å². The maximum Gasteiger partial charge on any atom is 0.216 e. The van der Waals surface area contributed by atoms with E-state index in [1.165, 1.54) is 4.31 Å². The second-order valence-corrected chi connectivity index (χ2v) is 5.13. The van der Waals surface area contributed by atoms with E-state index in [1.54, 1.807) is 7.11 Å². The minimum atomic E-state index is -3.25. The number of sulfonamides is 1. The van der Waals surface area contributed by atoms with E-state index in [-0.39, 0.29) is 18.5 Å². The molecular weight excluding hydrogens is 194 g/mol. The Labute approximate surface area is 78.4 Å². The zero-order chi connectivity index (χ0) is 9.90. The molecule has 0 spiro atoms. The van der Waals surface area contributed by atoms with Crippen LogP contribution in [-0.4, -0.2) is 56.5 Å². The van der Waals surface area contributed by atoms with Gasteiger partial charge in [0.05, 0.1) is 18.5 Å². The van der Waals surface area contributed by atoms with E-state index in [0.717, 1.165) is 6.42 Å². The van der Waals surface area contributed by atoms with Gasteiger partial charge in [-0.25, -0.2) is 8.42 Å². The first-order valence-corrected chi connectivity index (χ1v) is 5.82. The first-order chi connectivity index (χ1) is 6.10. The van der Waals surface area contributed by atoms with Gasteiger partial charge in [0.2, 0.25) is 10.0 Å². The lowest BCUT2D eigenvalue weighted by Crippen LogP contribution is -2.33. The number of methoxy groups -OCH3 is 1. The van der Waals surface area contributed by atoms with E-state index in [1.807, 2.05) is 0 Å². The fourth-order valence-electron chi connectivity index (χ4n) is 1.39. The summed E-state index contributed by atoms with van der Waals surface area (Å²) in [5.41, 5.74) is 0. The Morgan fingerprint density at radius 1 is 1.62 bits per heavy atom. The van der Waals surface area contributed by atoms with Gasteiger partial charge in [0, 0.05) is 20.2 Å². The maximum absolute atomic E-state index is 11.4. The Morgan fingerprint density at radius 3 is 2.77 bits per heavy atom. The molecule has 1 unspecified atom stereocenters. The normalized spacial score (nSPS) is 25.2. The van der Waals surface area contributed by atoms with Crippen molar-refractivity contribution in [2.45, 2.75) is 12.5 Å². The number of aliphatic hydroxyl groups excluding tert-OH is 1. The summed E-state index contributed by atoms with van der Waals surface area (Å²) in [4.78, 5) is 0. The molecule has 1 aliphatic heterocycles. The number of hydrogen-bond donors (Lipinski definition) is 1. The number of hydrogen-bond acceptors (Lipinski definition) is 4. The molecule has 5 nitrogen and oxygen atoms in total. The molecule has 1 N–H and O–H groups in total. The molecule has 1 fully saturated rings. The van der Waals surface area contributed by atoms with Crippen LogP contribution in [0.1, 0.15) is 6.42 Å². The molecular formula is C7H15NO4S. The van der Waals surface area contributed by atoms with E-state index in [0.29, 0.717) is 13.1 Å². The van der Waals surface area contributed by atoms with Crippen LogP contribution in [0.2, 0.25) is 0 Å². The second-order valence-electron chi connectivity index (χ2n) is 3.04. The van der Waals surface area contributed by atoms with Crippen molar-refractivity contribution < 1.29 is 18.3 Å².